The highest BCUT2D eigenvalue weighted by atomic mass is 32.1. The maximum absolute atomic E-state index is 11.5. The fourth-order valence-corrected chi connectivity index (χ4v) is 2.11. The lowest BCUT2D eigenvalue weighted by molar-refractivity contribution is 0.0607. The highest BCUT2D eigenvalue weighted by Gasteiger charge is 2.19. The summed E-state index contributed by atoms with van der Waals surface area (Å²) in [5, 5.41) is 4.33. The molecule has 0 saturated heterocycles. The summed E-state index contributed by atoms with van der Waals surface area (Å²) in [7, 11) is 1.30. The van der Waals surface area contributed by atoms with Gasteiger partial charge in [0.1, 0.15) is 4.88 Å². The number of amides is 1. The topological polar surface area (TPSA) is 64.6 Å². The number of carbonyl (C=O) groups excluding carboxylic acids is 2. The van der Waals surface area contributed by atoms with Crippen molar-refractivity contribution in [1.29, 1.82) is 0 Å². The summed E-state index contributed by atoms with van der Waals surface area (Å²) in [4.78, 5) is 23.3. The van der Waals surface area contributed by atoms with E-state index in [9.17, 15) is 9.59 Å². The first-order valence-electron chi connectivity index (χ1n) is 5.09. The van der Waals surface area contributed by atoms with Crippen LogP contribution >= 0.6 is 11.3 Å². The molecule has 0 bridgehead atoms. The molecule has 6 heteroatoms. The van der Waals surface area contributed by atoms with E-state index in [0.717, 1.165) is 5.56 Å². The normalized spacial score (nSPS) is 10.2. The zero-order valence-corrected chi connectivity index (χ0v) is 11.0. The smallest absolute Gasteiger partial charge is 0.411 e. The molecule has 1 rings (SSSR count). The van der Waals surface area contributed by atoms with Crippen molar-refractivity contribution in [3.63, 3.8) is 0 Å². The molecule has 0 atom stereocenters. The van der Waals surface area contributed by atoms with E-state index in [0.29, 0.717) is 10.6 Å². The average Bonchev–Trinajstić information content (AvgIpc) is 2.58. The van der Waals surface area contributed by atoms with Gasteiger partial charge < -0.3 is 9.47 Å². The van der Waals surface area contributed by atoms with Gasteiger partial charge in [-0.1, -0.05) is 0 Å². The second-order valence-corrected chi connectivity index (χ2v) is 4.57. The number of esters is 1. The maximum atomic E-state index is 11.5. The molecule has 0 unspecified atom stereocenters. The van der Waals surface area contributed by atoms with Gasteiger partial charge in [-0.3, -0.25) is 5.32 Å². The fraction of sp³-hybridized carbons (Fsp3) is 0.455. The SMILES string of the molecule is COC(=O)c1scc(C)c1NC(=O)OC(C)C. The van der Waals surface area contributed by atoms with Crippen molar-refractivity contribution in [2.45, 2.75) is 26.9 Å². The summed E-state index contributed by atoms with van der Waals surface area (Å²) in [6.45, 7) is 5.30. The number of nitrogens with one attached hydrogen (secondary N) is 1. The number of thiophene rings is 1. The second kappa shape index (κ2) is 5.67. The molecule has 0 fully saturated rings. The predicted octanol–water partition coefficient (Wildman–Crippen LogP) is 2.80. The molecule has 1 N–H and O–H groups in total. The minimum atomic E-state index is -0.577. The van der Waals surface area contributed by atoms with Crippen molar-refractivity contribution in [3.8, 4) is 0 Å². The zero-order valence-electron chi connectivity index (χ0n) is 10.2. The molecule has 0 radical (unpaired) electrons. The van der Waals surface area contributed by atoms with Crippen LogP contribution in [0.3, 0.4) is 0 Å². The molecular formula is C11H15NO4S. The lowest BCUT2D eigenvalue weighted by Gasteiger charge is -2.10. The van der Waals surface area contributed by atoms with Crippen LogP contribution in [-0.4, -0.2) is 25.3 Å². The Bertz CT molecular complexity index is 425. The fourth-order valence-electron chi connectivity index (χ4n) is 1.19. The van der Waals surface area contributed by atoms with Crippen LogP contribution in [-0.2, 0) is 9.47 Å². The molecule has 17 heavy (non-hydrogen) atoms. The lowest BCUT2D eigenvalue weighted by Crippen LogP contribution is -2.19. The molecule has 1 aromatic heterocycles. The maximum Gasteiger partial charge on any atom is 0.411 e. The molecule has 1 aromatic rings. The molecule has 94 valence electrons. The third kappa shape index (κ3) is 3.45. The molecule has 0 spiro atoms. The van der Waals surface area contributed by atoms with Crippen LogP contribution in [0.25, 0.3) is 0 Å². The Morgan fingerprint density at radius 2 is 2.06 bits per heavy atom. The summed E-state index contributed by atoms with van der Waals surface area (Å²) in [5.41, 5.74) is 1.25. The van der Waals surface area contributed by atoms with E-state index in [1.165, 1.54) is 18.4 Å². The van der Waals surface area contributed by atoms with E-state index >= 15 is 0 Å². The molecule has 0 aliphatic carbocycles. The van der Waals surface area contributed by atoms with Crippen LogP contribution in [0.2, 0.25) is 0 Å². The van der Waals surface area contributed by atoms with Gasteiger partial charge in [0, 0.05) is 0 Å². The second-order valence-electron chi connectivity index (χ2n) is 3.69. The minimum absolute atomic E-state index is 0.212. The van der Waals surface area contributed by atoms with Gasteiger partial charge >= 0.3 is 12.1 Å². The molecule has 5 nitrogen and oxygen atoms in total. The molecular weight excluding hydrogens is 242 g/mol. The van der Waals surface area contributed by atoms with Crippen molar-refractivity contribution in [2.75, 3.05) is 12.4 Å². The Kier molecular flexibility index (Phi) is 4.51. The van der Waals surface area contributed by atoms with Crippen LogP contribution in [0.5, 0.6) is 0 Å². The molecule has 1 heterocycles. The van der Waals surface area contributed by atoms with E-state index in [1.54, 1.807) is 26.2 Å². The van der Waals surface area contributed by atoms with Crippen LogP contribution in [0.1, 0.15) is 29.1 Å². The van der Waals surface area contributed by atoms with Gasteiger partial charge in [-0.25, -0.2) is 9.59 Å². The predicted molar refractivity (Wildman–Crippen MR) is 65.6 cm³/mol. The quantitative estimate of drug-likeness (QED) is 0.846. The molecule has 1 amide bonds. The Labute approximate surface area is 104 Å². The van der Waals surface area contributed by atoms with E-state index in [1.807, 2.05) is 0 Å². The van der Waals surface area contributed by atoms with Crippen molar-refractivity contribution < 1.29 is 19.1 Å². The summed E-state index contributed by atoms with van der Waals surface area (Å²) in [5.74, 6) is -0.469. The number of carbonyl (C=O) groups is 2. The Balaban J connectivity index is 2.86. The molecule has 0 saturated carbocycles. The van der Waals surface area contributed by atoms with E-state index in [-0.39, 0.29) is 6.10 Å². The van der Waals surface area contributed by atoms with Crippen molar-refractivity contribution in [3.05, 3.63) is 15.8 Å². The van der Waals surface area contributed by atoms with Crippen LogP contribution < -0.4 is 5.32 Å². The van der Waals surface area contributed by atoms with Gasteiger partial charge in [0.25, 0.3) is 0 Å². The third-order valence-electron chi connectivity index (χ3n) is 1.92. The van der Waals surface area contributed by atoms with Gasteiger partial charge in [0.2, 0.25) is 0 Å². The average molecular weight is 257 g/mol. The Hall–Kier alpha value is -1.56. The van der Waals surface area contributed by atoms with E-state index in [2.05, 4.69) is 10.1 Å². The molecule has 0 aromatic carbocycles. The Morgan fingerprint density at radius 1 is 1.41 bits per heavy atom. The van der Waals surface area contributed by atoms with Gasteiger partial charge in [-0.05, 0) is 31.7 Å². The minimum Gasteiger partial charge on any atom is -0.465 e. The van der Waals surface area contributed by atoms with Crippen molar-refractivity contribution in [1.82, 2.24) is 0 Å². The number of methoxy groups -OCH3 is 1. The van der Waals surface area contributed by atoms with Gasteiger partial charge in [-0.2, -0.15) is 0 Å². The summed E-state index contributed by atoms with van der Waals surface area (Å²) in [6.07, 6.45) is -0.790. The van der Waals surface area contributed by atoms with Crippen LogP contribution in [0.15, 0.2) is 5.38 Å². The highest BCUT2D eigenvalue weighted by molar-refractivity contribution is 7.12. The standard InChI is InChI=1S/C11H15NO4S/c1-6(2)16-11(14)12-8-7(3)5-17-9(8)10(13)15-4/h5-6H,1-4H3,(H,12,14). The first kappa shape index (κ1) is 13.5. The van der Waals surface area contributed by atoms with Gasteiger partial charge in [0.15, 0.2) is 0 Å². The van der Waals surface area contributed by atoms with Gasteiger partial charge in [0.05, 0.1) is 18.9 Å². The summed E-state index contributed by atoms with van der Waals surface area (Å²) < 4.78 is 9.58. The number of aryl methyl sites for hydroxylation is 1. The largest absolute Gasteiger partial charge is 0.465 e. The third-order valence-corrected chi connectivity index (χ3v) is 2.99. The van der Waals surface area contributed by atoms with Crippen LogP contribution in [0.4, 0.5) is 10.5 Å². The number of anilines is 1. The van der Waals surface area contributed by atoms with Crippen molar-refractivity contribution in [2.24, 2.45) is 0 Å². The number of hydrogen-bond donors (Lipinski definition) is 1. The lowest BCUT2D eigenvalue weighted by atomic mass is 10.3. The van der Waals surface area contributed by atoms with Gasteiger partial charge in [-0.15, -0.1) is 11.3 Å². The monoisotopic (exact) mass is 257 g/mol. The summed E-state index contributed by atoms with van der Waals surface area (Å²) >= 11 is 1.22. The van der Waals surface area contributed by atoms with E-state index < -0.39 is 12.1 Å². The zero-order chi connectivity index (χ0) is 13.0. The van der Waals surface area contributed by atoms with Crippen LogP contribution in [0, 0.1) is 6.92 Å². The highest BCUT2D eigenvalue weighted by Crippen LogP contribution is 2.28. The Morgan fingerprint density at radius 3 is 2.59 bits per heavy atom. The molecule has 0 aliphatic rings. The summed E-state index contributed by atoms with van der Waals surface area (Å²) in [6, 6.07) is 0. The number of rotatable bonds is 3. The number of hydrogen-bond acceptors (Lipinski definition) is 5. The molecule has 0 aliphatic heterocycles. The number of ether oxygens (including phenoxy) is 2. The van der Waals surface area contributed by atoms with E-state index in [4.69, 9.17) is 4.74 Å². The first-order chi connectivity index (χ1) is 7.95. The first-order valence-corrected chi connectivity index (χ1v) is 5.97. The van der Waals surface area contributed by atoms with Crippen molar-refractivity contribution >= 4 is 29.1 Å².